The van der Waals surface area contributed by atoms with Crippen LogP contribution in [0.3, 0.4) is 0 Å². The summed E-state index contributed by atoms with van der Waals surface area (Å²) in [5, 5.41) is 9.59. The molecule has 1 aromatic heterocycles. The van der Waals surface area contributed by atoms with Crippen LogP contribution in [0.1, 0.15) is 64.7 Å². The predicted molar refractivity (Wildman–Crippen MR) is 150 cm³/mol. The lowest BCUT2D eigenvalue weighted by atomic mass is 9.91. The number of carbonyl (C=O) groups excluding carboxylic acids is 1. The monoisotopic (exact) mass is 543 g/mol. The summed E-state index contributed by atoms with van der Waals surface area (Å²) in [4.78, 5) is 29.3. The maximum atomic E-state index is 14.5. The fourth-order valence-electron chi connectivity index (χ4n) is 4.91. The topological polar surface area (TPSA) is 100 Å². The van der Waals surface area contributed by atoms with Gasteiger partial charge in [0.1, 0.15) is 23.0 Å². The quantitative estimate of drug-likeness (QED) is 0.278. The van der Waals surface area contributed by atoms with Gasteiger partial charge in [0.25, 0.3) is 5.91 Å². The number of nitrogens with two attached hydrogens (primary N) is 1. The number of halogens is 2. The summed E-state index contributed by atoms with van der Waals surface area (Å²) in [6, 6.07) is 16.3. The van der Waals surface area contributed by atoms with E-state index in [1.807, 2.05) is 13.8 Å². The molecule has 3 aromatic carbocycles. The number of fused-ring (bicyclic) bond motifs is 1. The molecule has 40 heavy (non-hydrogen) atoms. The summed E-state index contributed by atoms with van der Waals surface area (Å²) in [5.74, 6) is -1.54. The van der Waals surface area contributed by atoms with Crippen LogP contribution in [0.25, 0.3) is 11.0 Å². The second kappa shape index (κ2) is 12.2. The van der Waals surface area contributed by atoms with Gasteiger partial charge in [0, 0.05) is 30.2 Å². The number of nitrogens with zero attached hydrogens (tertiary/aromatic N) is 2. The van der Waals surface area contributed by atoms with Crippen molar-refractivity contribution in [2.45, 2.75) is 39.7 Å². The van der Waals surface area contributed by atoms with E-state index in [1.165, 1.54) is 18.2 Å². The summed E-state index contributed by atoms with van der Waals surface area (Å²) in [6.45, 7) is 5.92. The van der Waals surface area contributed by atoms with E-state index in [1.54, 1.807) is 48.2 Å². The minimum atomic E-state index is -0.752. The first-order chi connectivity index (χ1) is 19.1. The molecule has 4 aromatic rings. The molecule has 0 saturated carbocycles. The molecule has 8 heteroatoms. The zero-order valence-electron chi connectivity index (χ0n) is 22.7. The predicted octanol–water partition coefficient (Wildman–Crippen LogP) is 6.03. The van der Waals surface area contributed by atoms with Crippen LogP contribution in [-0.4, -0.2) is 23.9 Å². The van der Waals surface area contributed by atoms with Crippen LogP contribution in [0.2, 0.25) is 0 Å². The van der Waals surface area contributed by atoms with Gasteiger partial charge in [-0.05, 0) is 73.3 Å². The molecule has 2 N–H and O–H groups in total. The van der Waals surface area contributed by atoms with E-state index in [4.69, 9.17) is 10.2 Å². The molecule has 1 atom stereocenters. The highest BCUT2D eigenvalue weighted by Crippen LogP contribution is 2.35. The number of benzene rings is 3. The summed E-state index contributed by atoms with van der Waals surface area (Å²) in [5.41, 5.74) is 7.53. The lowest BCUT2D eigenvalue weighted by Crippen LogP contribution is -2.40. The fraction of sp³-hybridized carbons (Fsp3) is 0.281. The zero-order valence-corrected chi connectivity index (χ0v) is 22.7. The number of hydrogen-bond donors (Lipinski definition) is 1. The highest BCUT2D eigenvalue weighted by molar-refractivity contribution is 5.94. The van der Waals surface area contributed by atoms with Crippen LogP contribution in [0.15, 0.2) is 69.9 Å². The van der Waals surface area contributed by atoms with E-state index in [0.717, 1.165) is 6.07 Å². The van der Waals surface area contributed by atoms with Gasteiger partial charge in [-0.1, -0.05) is 32.0 Å². The first-order valence-electron chi connectivity index (χ1n) is 13.2. The van der Waals surface area contributed by atoms with Gasteiger partial charge in [0.15, 0.2) is 5.43 Å². The van der Waals surface area contributed by atoms with E-state index in [9.17, 15) is 23.6 Å². The maximum absolute atomic E-state index is 14.5. The van der Waals surface area contributed by atoms with Crippen molar-refractivity contribution in [1.82, 2.24) is 4.90 Å². The van der Waals surface area contributed by atoms with E-state index < -0.39 is 23.6 Å². The molecule has 0 saturated heterocycles. The van der Waals surface area contributed by atoms with Crippen molar-refractivity contribution in [2.75, 3.05) is 13.1 Å². The van der Waals surface area contributed by atoms with Crippen molar-refractivity contribution in [3.8, 4) is 6.07 Å². The molecule has 0 spiro atoms. The molecule has 0 aliphatic carbocycles. The average Bonchev–Trinajstić information content (AvgIpc) is 2.93. The van der Waals surface area contributed by atoms with Crippen molar-refractivity contribution in [2.24, 2.45) is 11.7 Å². The maximum Gasteiger partial charge on any atom is 0.254 e. The van der Waals surface area contributed by atoms with Gasteiger partial charge in [-0.15, -0.1) is 0 Å². The fourth-order valence-corrected chi connectivity index (χ4v) is 4.91. The van der Waals surface area contributed by atoms with Crippen LogP contribution in [-0.2, 0) is 6.42 Å². The highest BCUT2D eigenvalue weighted by Gasteiger charge is 2.34. The zero-order chi connectivity index (χ0) is 29.0. The molecule has 6 nitrogen and oxygen atoms in total. The van der Waals surface area contributed by atoms with Gasteiger partial charge in [-0.3, -0.25) is 9.59 Å². The summed E-state index contributed by atoms with van der Waals surface area (Å²) in [7, 11) is 0. The molecule has 1 unspecified atom stereocenters. The average molecular weight is 544 g/mol. The van der Waals surface area contributed by atoms with Crippen molar-refractivity contribution in [1.29, 1.82) is 5.26 Å². The van der Waals surface area contributed by atoms with Crippen LogP contribution in [0.4, 0.5) is 8.78 Å². The smallest absolute Gasteiger partial charge is 0.254 e. The van der Waals surface area contributed by atoms with Crippen molar-refractivity contribution in [3.05, 3.63) is 116 Å². The number of carbonyl (C=O) groups is 1. The standard InChI is InChI=1S/C32H31F2N3O3/c1-19(2)29(37(13-5-12-35)32(39)23-9-8-20(3)27(34)16-23)31-26(15-21-6-4-7-22(14-21)18-36)30(38)25-11-10-24(33)17-28(25)40-31/h4,6-11,14,16-17,19,29H,5,12-13,15,35H2,1-3H3. The molecule has 0 fully saturated rings. The Hall–Kier alpha value is -4.35. The third-order valence-electron chi connectivity index (χ3n) is 6.94. The van der Waals surface area contributed by atoms with Gasteiger partial charge < -0.3 is 15.1 Å². The Balaban J connectivity index is 1.95. The first-order valence-corrected chi connectivity index (χ1v) is 13.2. The van der Waals surface area contributed by atoms with E-state index in [-0.39, 0.29) is 46.6 Å². The third-order valence-corrected chi connectivity index (χ3v) is 6.94. The van der Waals surface area contributed by atoms with E-state index in [2.05, 4.69) is 6.07 Å². The largest absolute Gasteiger partial charge is 0.458 e. The minimum absolute atomic E-state index is 0.0628. The first kappa shape index (κ1) is 28.7. The molecular formula is C32H31F2N3O3. The van der Waals surface area contributed by atoms with Crippen molar-refractivity contribution >= 4 is 16.9 Å². The number of nitriles is 1. The van der Waals surface area contributed by atoms with Gasteiger partial charge in [0.05, 0.1) is 23.1 Å². The Labute approximate surface area is 231 Å². The summed E-state index contributed by atoms with van der Waals surface area (Å²) < 4.78 is 35.0. The molecule has 0 aliphatic rings. The number of hydrogen-bond acceptors (Lipinski definition) is 5. The molecule has 0 bridgehead atoms. The normalized spacial score (nSPS) is 11.9. The SMILES string of the molecule is Cc1ccc(C(=O)N(CCCN)C(c2oc3cc(F)ccc3c(=O)c2Cc2cccc(C#N)c2)C(C)C)cc1F. The molecule has 0 radical (unpaired) electrons. The Kier molecular flexibility index (Phi) is 8.76. The lowest BCUT2D eigenvalue weighted by molar-refractivity contribution is 0.0587. The van der Waals surface area contributed by atoms with Gasteiger partial charge in [0.2, 0.25) is 0 Å². The highest BCUT2D eigenvalue weighted by atomic mass is 19.1. The number of rotatable bonds is 9. The minimum Gasteiger partial charge on any atom is -0.458 e. The Morgan fingerprint density at radius 2 is 1.88 bits per heavy atom. The molecule has 1 amide bonds. The van der Waals surface area contributed by atoms with Gasteiger partial charge in [-0.25, -0.2) is 8.78 Å². The van der Waals surface area contributed by atoms with Crippen molar-refractivity contribution in [3.63, 3.8) is 0 Å². The molecule has 206 valence electrons. The van der Waals surface area contributed by atoms with Crippen LogP contribution >= 0.6 is 0 Å². The van der Waals surface area contributed by atoms with Crippen LogP contribution in [0, 0.1) is 35.8 Å². The lowest BCUT2D eigenvalue weighted by Gasteiger charge is -2.35. The van der Waals surface area contributed by atoms with Gasteiger partial charge in [-0.2, -0.15) is 5.26 Å². The summed E-state index contributed by atoms with van der Waals surface area (Å²) in [6.07, 6.45) is 0.580. The third kappa shape index (κ3) is 5.95. The second-order valence-corrected chi connectivity index (χ2v) is 10.2. The van der Waals surface area contributed by atoms with Gasteiger partial charge >= 0.3 is 0 Å². The van der Waals surface area contributed by atoms with E-state index in [0.29, 0.717) is 35.2 Å². The number of aryl methyl sites for hydroxylation is 1. The second-order valence-electron chi connectivity index (χ2n) is 10.2. The number of amides is 1. The Bertz CT molecular complexity index is 1660. The van der Waals surface area contributed by atoms with Crippen molar-refractivity contribution < 1.29 is 18.0 Å². The Morgan fingerprint density at radius 1 is 1.10 bits per heavy atom. The van der Waals surface area contributed by atoms with Crippen LogP contribution in [0.5, 0.6) is 0 Å². The Morgan fingerprint density at radius 3 is 2.55 bits per heavy atom. The molecule has 4 rings (SSSR count). The molecule has 1 heterocycles. The molecular weight excluding hydrogens is 512 g/mol. The summed E-state index contributed by atoms with van der Waals surface area (Å²) >= 11 is 0. The molecule has 0 aliphatic heterocycles. The van der Waals surface area contributed by atoms with E-state index >= 15 is 0 Å². The van der Waals surface area contributed by atoms with Crippen LogP contribution < -0.4 is 11.2 Å².